The monoisotopic (exact) mass is 328 g/mol. The van der Waals surface area contributed by atoms with Gasteiger partial charge < -0.3 is 14.7 Å². The molecule has 2 heterocycles. The van der Waals surface area contributed by atoms with Crippen LogP contribution < -0.4 is 10.2 Å². The van der Waals surface area contributed by atoms with Crippen LogP contribution in [0.25, 0.3) is 0 Å². The van der Waals surface area contributed by atoms with Gasteiger partial charge in [0.2, 0.25) is 5.91 Å². The molecule has 1 aromatic heterocycles. The van der Waals surface area contributed by atoms with Gasteiger partial charge in [0.05, 0.1) is 6.04 Å². The van der Waals surface area contributed by atoms with Crippen LogP contribution in [-0.4, -0.2) is 48.2 Å². The van der Waals surface area contributed by atoms with Crippen LogP contribution in [0.5, 0.6) is 0 Å². The average molecular weight is 328 g/mol. The first kappa shape index (κ1) is 16.5. The van der Waals surface area contributed by atoms with Crippen LogP contribution in [0.15, 0.2) is 40.9 Å². The van der Waals surface area contributed by atoms with Crippen LogP contribution in [0.2, 0.25) is 0 Å². The summed E-state index contributed by atoms with van der Waals surface area (Å²) in [6, 6.07) is 12.0. The van der Waals surface area contributed by atoms with Crippen molar-refractivity contribution >= 4 is 17.4 Å². The molecule has 0 bridgehead atoms. The molecule has 1 aliphatic rings. The maximum Gasteiger partial charge on any atom is 0.242 e. The van der Waals surface area contributed by atoms with E-state index in [1.807, 2.05) is 19.9 Å². The highest BCUT2D eigenvalue weighted by atomic mass is 16.5. The Balaban J connectivity index is 1.58. The van der Waals surface area contributed by atoms with Gasteiger partial charge in [0.15, 0.2) is 5.82 Å². The second kappa shape index (κ2) is 7.49. The number of carbonyl (C=O) groups excluding carboxylic acids is 1. The van der Waals surface area contributed by atoms with E-state index < -0.39 is 0 Å². The first-order valence-corrected chi connectivity index (χ1v) is 8.45. The lowest BCUT2D eigenvalue weighted by Gasteiger charge is -2.39. The van der Waals surface area contributed by atoms with Gasteiger partial charge in [0.1, 0.15) is 5.76 Å². The Bertz CT molecular complexity index is 663. The molecule has 2 aromatic rings. The normalized spacial score (nSPS) is 16.8. The molecule has 0 spiro atoms. The van der Waals surface area contributed by atoms with Crippen molar-refractivity contribution in [3.63, 3.8) is 0 Å². The third-order valence-corrected chi connectivity index (χ3v) is 4.44. The highest BCUT2D eigenvalue weighted by Crippen LogP contribution is 2.18. The lowest BCUT2D eigenvalue weighted by molar-refractivity contribution is -0.121. The fraction of sp³-hybridized carbons (Fsp3) is 0.444. The van der Waals surface area contributed by atoms with Crippen LogP contribution in [-0.2, 0) is 4.79 Å². The van der Waals surface area contributed by atoms with E-state index in [2.05, 4.69) is 44.5 Å². The summed E-state index contributed by atoms with van der Waals surface area (Å²) in [6.45, 7) is 7.45. The molecule has 0 radical (unpaired) electrons. The molecule has 0 aliphatic carbocycles. The molecule has 1 amide bonds. The van der Waals surface area contributed by atoms with Gasteiger partial charge in [-0.15, -0.1) is 0 Å². The molecule has 128 valence electrons. The first-order valence-electron chi connectivity index (χ1n) is 8.45. The minimum Gasteiger partial charge on any atom is -0.369 e. The molecule has 1 aromatic carbocycles. The number of anilines is 2. The van der Waals surface area contributed by atoms with Gasteiger partial charge in [-0.05, 0) is 25.5 Å². The quantitative estimate of drug-likeness (QED) is 0.914. The Morgan fingerprint density at radius 3 is 2.54 bits per heavy atom. The van der Waals surface area contributed by atoms with Gasteiger partial charge in [-0.1, -0.05) is 30.3 Å². The number of carbonyl (C=O) groups is 1. The molecule has 3 rings (SSSR count). The maximum atomic E-state index is 12.6. The second-order valence-corrected chi connectivity index (χ2v) is 6.09. The van der Waals surface area contributed by atoms with E-state index in [4.69, 9.17) is 4.52 Å². The number of aromatic nitrogens is 1. The summed E-state index contributed by atoms with van der Waals surface area (Å²) in [6.07, 6.45) is 0.772. The minimum absolute atomic E-state index is 0.0149. The molecule has 0 saturated carbocycles. The first-order chi connectivity index (χ1) is 11.7. The van der Waals surface area contributed by atoms with E-state index in [9.17, 15) is 4.79 Å². The Morgan fingerprint density at radius 1 is 1.25 bits per heavy atom. The number of benzene rings is 1. The highest BCUT2D eigenvalue weighted by molar-refractivity contribution is 5.94. The number of nitrogens with one attached hydrogen (secondary N) is 1. The van der Waals surface area contributed by atoms with Crippen molar-refractivity contribution < 1.29 is 9.32 Å². The van der Waals surface area contributed by atoms with Crippen molar-refractivity contribution in [2.45, 2.75) is 26.3 Å². The van der Waals surface area contributed by atoms with E-state index in [0.29, 0.717) is 11.6 Å². The Kier molecular flexibility index (Phi) is 5.15. The number of piperazine rings is 1. The zero-order valence-corrected chi connectivity index (χ0v) is 14.2. The van der Waals surface area contributed by atoms with Crippen molar-refractivity contribution in [3.8, 4) is 0 Å². The summed E-state index contributed by atoms with van der Waals surface area (Å²) >= 11 is 0. The van der Waals surface area contributed by atoms with Crippen molar-refractivity contribution in [3.05, 3.63) is 42.2 Å². The predicted octanol–water partition coefficient (Wildman–Crippen LogP) is 2.52. The van der Waals surface area contributed by atoms with Gasteiger partial charge in [0, 0.05) is 37.9 Å². The van der Waals surface area contributed by atoms with Crippen molar-refractivity contribution in [2.75, 3.05) is 36.4 Å². The number of para-hydroxylation sites is 1. The maximum absolute atomic E-state index is 12.6. The van der Waals surface area contributed by atoms with Gasteiger partial charge in [0.25, 0.3) is 0 Å². The fourth-order valence-electron chi connectivity index (χ4n) is 3.17. The predicted molar refractivity (Wildman–Crippen MR) is 94.2 cm³/mol. The van der Waals surface area contributed by atoms with Crippen LogP contribution in [0.3, 0.4) is 0 Å². The van der Waals surface area contributed by atoms with Gasteiger partial charge in [-0.3, -0.25) is 9.69 Å². The Morgan fingerprint density at radius 2 is 1.96 bits per heavy atom. The standard InChI is InChI=1S/C18H24N4O2/c1-3-16(18(23)19-17-13-14(2)24-20-17)22-11-9-21(10-12-22)15-7-5-4-6-8-15/h4-8,13,16H,3,9-12H2,1-2H3,(H,19,20,23)/t16-/m1/s1. The Labute approximate surface area is 142 Å². The topological polar surface area (TPSA) is 61.6 Å². The van der Waals surface area contributed by atoms with Crippen molar-refractivity contribution in [1.29, 1.82) is 0 Å². The number of amides is 1. The largest absolute Gasteiger partial charge is 0.369 e. The van der Waals surface area contributed by atoms with Crippen LogP contribution in [0.1, 0.15) is 19.1 Å². The molecule has 24 heavy (non-hydrogen) atoms. The zero-order valence-electron chi connectivity index (χ0n) is 14.2. The summed E-state index contributed by atoms with van der Waals surface area (Å²) in [5, 5.41) is 6.69. The van der Waals surface area contributed by atoms with E-state index in [1.165, 1.54) is 5.69 Å². The fourth-order valence-corrected chi connectivity index (χ4v) is 3.17. The lowest BCUT2D eigenvalue weighted by Crippen LogP contribution is -2.53. The number of aryl methyl sites for hydroxylation is 1. The Hall–Kier alpha value is -2.34. The van der Waals surface area contributed by atoms with Gasteiger partial charge in [-0.2, -0.15) is 0 Å². The van der Waals surface area contributed by atoms with Crippen molar-refractivity contribution in [2.24, 2.45) is 0 Å². The minimum atomic E-state index is -0.139. The summed E-state index contributed by atoms with van der Waals surface area (Å²) in [7, 11) is 0. The van der Waals surface area contributed by atoms with E-state index in [-0.39, 0.29) is 11.9 Å². The van der Waals surface area contributed by atoms with Crippen LogP contribution in [0.4, 0.5) is 11.5 Å². The molecule has 1 atom stereocenters. The molecule has 1 fully saturated rings. The average Bonchev–Trinajstić information content (AvgIpc) is 3.02. The smallest absolute Gasteiger partial charge is 0.242 e. The number of hydrogen-bond acceptors (Lipinski definition) is 5. The molecule has 1 aliphatic heterocycles. The number of hydrogen-bond donors (Lipinski definition) is 1. The number of rotatable bonds is 5. The van der Waals surface area contributed by atoms with Gasteiger partial charge in [-0.25, -0.2) is 0 Å². The zero-order chi connectivity index (χ0) is 16.9. The lowest BCUT2D eigenvalue weighted by atomic mass is 10.1. The van der Waals surface area contributed by atoms with E-state index in [0.717, 1.165) is 32.6 Å². The molecule has 6 heteroatoms. The molecule has 6 nitrogen and oxygen atoms in total. The SMILES string of the molecule is CC[C@H](C(=O)Nc1cc(C)on1)N1CCN(c2ccccc2)CC1. The molecular weight excluding hydrogens is 304 g/mol. The highest BCUT2D eigenvalue weighted by Gasteiger charge is 2.28. The second-order valence-electron chi connectivity index (χ2n) is 6.09. The summed E-state index contributed by atoms with van der Waals surface area (Å²) < 4.78 is 5.00. The summed E-state index contributed by atoms with van der Waals surface area (Å²) in [5.74, 6) is 1.16. The van der Waals surface area contributed by atoms with Crippen LogP contribution in [0, 0.1) is 6.92 Å². The molecule has 0 unspecified atom stereocenters. The van der Waals surface area contributed by atoms with E-state index >= 15 is 0 Å². The van der Waals surface area contributed by atoms with Gasteiger partial charge >= 0.3 is 0 Å². The van der Waals surface area contributed by atoms with E-state index in [1.54, 1.807) is 6.07 Å². The number of nitrogens with zero attached hydrogens (tertiary/aromatic N) is 3. The molecule has 1 saturated heterocycles. The third-order valence-electron chi connectivity index (χ3n) is 4.44. The third kappa shape index (κ3) is 3.76. The van der Waals surface area contributed by atoms with Crippen molar-refractivity contribution in [1.82, 2.24) is 10.1 Å². The molecule has 1 N–H and O–H groups in total. The summed E-state index contributed by atoms with van der Waals surface area (Å²) in [4.78, 5) is 17.2. The molecular formula is C18H24N4O2. The summed E-state index contributed by atoms with van der Waals surface area (Å²) in [5.41, 5.74) is 1.24. The van der Waals surface area contributed by atoms with Crippen LogP contribution >= 0.6 is 0 Å².